The van der Waals surface area contributed by atoms with Gasteiger partial charge in [0.25, 0.3) is 5.91 Å². The third-order valence-electron chi connectivity index (χ3n) is 3.00. The minimum Gasteiger partial charge on any atom is -0.372 e. The van der Waals surface area contributed by atoms with E-state index in [2.05, 4.69) is 26.2 Å². The van der Waals surface area contributed by atoms with Crippen molar-refractivity contribution in [2.45, 2.75) is 6.54 Å². The number of halogens is 2. The smallest absolute Gasteiger partial charge is 0.255 e. The second-order valence-electron chi connectivity index (χ2n) is 4.59. The van der Waals surface area contributed by atoms with Gasteiger partial charge in [-0.3, -0.25) is 4.79 Å². The number of nitrogens with one attached hydrogen (secondary N) is 1. The highest BCUT2D eigenvalue weighted by atomic mass is 79.9. The molecule has 1 N–H and O–H groups in total. The third kappa shape index (κ3) is 3.95. The first-order valence-corrected chi connectivity index (χ1v) is 7.51. The van der Waals surface area contributed by atoms with Gasteiger partial charge in [0.2, 0.25) is 0 Å². The van der Waals surface area contributed by atoms with Crippen molar-refractivity contribution in [2.75, 3.05) is 19.4 Å². The third-order valence-corrected chi connectivity index (χ3v) is 3.82. The van der Waals surface area contributed by atoms with E-state index in [1.54, 1.807) is 25.1 Å². The second kappa shape index (κ2) is 6.91. The van der Waals surface area contributed by atoms with Gasteiger partial charge in [-0.25, -0.2) is 4.98 Å². The highest BCUT2D eigenvalue weighted by molar-refractivity contribution is 9.10. The minimum atomic E-state index is -0.116. The van der Waals surface area contributed by atoms with Crippen molar-refractivity contribution in [1.29, 1.82) is 0 Å². The molecule has 1 heterocycles. The average molecular weight is 369 g/mol. The first-order valence-electron chi connectivity index (χ1n) is 6.34. The monoisotopic (exact) mass is 367 g/mol. The fourth-order valence-electron chi connectivity index (χ4n) is 1.89. The second-order valence-corrected chi connectivity index (χ2v) is 5.91. The molecule has 2 aromatic rings. The Hall–Kier alpha value is -1.59. The summed E-state index contributed by atoms with van der Waals surface area (Å²) in [5, 5.41) is 3.29. The van der Waals surface area contributed by atoms with Gasteiger partial charge in [0.1, 0.15) is 5.82 Å². The summed E-state index contributed by atoms with van der Waals surface area (Å²) in [4.78, 5) is 18.1. The Bertz CT molecular complexity index is 646. The van der Waals surface area contributed by atoms with Crippen molar-refractivity contribution in [3.63, 3.8) is 0 Å². The molecular formula is C15H15BrClN3O. The number of hydrogen-bond acceptors (Lipinski definition) is 3. The van der Waals surface area contributed by atoms with Crippen LogP contribution in [0.3, 0.4) is 0 Å². The first kappa shape index (κ1) is 15.8. The number of amides is 1. The zero-order valence-corrected chi connectivity index (χ0v) is 14.1. The number of hydrogen-bond donors (Lipinski definition) is 1. The number of pyridine rings is 1. The zero-order chi connectivity index (χ0) is 15.4. The highest BCUT2D eigenvalue weighted by Crippen LogP contribution is 2.20. The molecule has 0 aliphatic rings. The molecule has 0 fully saturated rings. The maximum atomic E-state index is 12.4. The molecule has 21 heavy (non-hydrogen) atoms. The Balaban J connectivity index is 2.11. The summed E-state index contributed by atoms with van der Waals surface area (Å²) in [6.45, 7) is 0.525. The van der Waals surface area contributed by atoms with Gasteiger partial charge < -0.3 is 10.2 Å². The molecule has 0 radical (unpaired) electrons. The van der Waals surface area contributed by atoms with Crippen molar-refractivity contribution in [2.24, 2.45) is 0 Å². The Kier molecular flexibility index (Phi) is 5.20. The van der Waals surface area contributed by atoms with Gasteiger partial charge in [0.15, 0.2) is 0 Å². The predicted molar refractivity (Wildman–Crippen MR) is 88.7 cm³/mol. The normalized spacial score (nSPS) is 10.3. The molecule has 0 saturated heterocycles. The number of carbonyl (C=O) groups is 1. The lowest BCUT2D eigenvalue weighted by atomic mass is 10.2. The van der Waals surface area contributed by atoms with Gasteiger partial charge in [-0.2, -0.15) is 0 Å². The van der Waals surface area contributed by atoms with Crippen LogP contribution in [0.4, 0.5) is 5.82 Å². The molecule has 0 atom stereocenters. The van der Waals surface area contributed by atoms with Crippen molar-refractivity contribution in [3.05, 3.63) is 57.2 Å². The molecular weight excluding hydrogens is 354 g/mol. The quantitative estimate of drug-likeness (QED) is 0.892. The first-order chi connectivity index (χ1) is 10.0. The van der Waals surface area contributed by atoms with Crippen molar-refractivity contribution in [3.8, 4) is 0 Å². The summed E-state index contributed by atoms with van der Waals surface area (Å²) < 4.78 is 1.01. The topological polar surface area (TPSA) is 45.2 Å². The molecule has 110 valence electrons. The van der Waals surface area contributed by atoms with Crippen LogP contribution in [0, 0.1) is 0 Å². The van der Waals surface area contributed by atoms with E-state index in [-0.39, 0.29) is 5.91 Å². The van der Waals surface area contributed by atoms with Crippen molar-refractivity contribution < 1.29 is 4.79 Å². The number of carbonyl (C=O) groups excluding carboxylic acids is 1. The number of nitrogens with zero attached hydrogens (tertiary/aromatic N) is 2. The molecule has 0 saturated carbocycles. The van der Waals surface area contributed by atoms with Gasteiger partial charge in [0.05, 0.1) is 10.6 Å². The summed E-state index contributed by atoms with van der Waals surface area (Å²) >= 11 is 9.44. The number of rotatable bonds is 4. The number of benzene rings is 1. The maximum Gasteiger partial charge on any atom is 0.255 e. The fourth-order valence-corrected chi connectivity index (χ4v) is 2.42. The molecule has 1 aromatic carbocycles. The van der Waals surface area contributed by atoms with Gasteiger partial charge in [-0.05, 0) is 23.8 Å². The molecule has 0 bridgehead atoms. The summed E-state index contributed by atoms with van der Waals surface area (Å²) in [6, 6.07) is 9.48. The molecule has 0 aliphatic carbocycles. The molecule has 1 aromatic heterocycles. The van der Waals surface area contributed by atoms with Crippen LogP contribution in [0.25, 0.3) is 0 Å². The summed E-state index contributed by atoms with van der Waals surface area (Å²) in [6.07, 6.45) is 1.53. The van der Waals surface area contributed by atoms with E-state index >= 15 is 0 Å². The molecule has 0 unspecified atom stereocenters. The SMILES string of the molecule is CNc1ncc(C(=O)N(C)Cc2ccc(Br)cc2)cc1Cl. The Labute approximate surface area is 137 Å². The summed E-state index contributed by atoms with van der Waals surface area (Å²) in [5.74, 6) is 0.443. The van der Waals surface area contributed by atoms with Gasteiger partial charge in [0, 0.05) is 31.3 Å². The van der Waals surface area contributed by atoms with Gasteiger partial charge in [-0.15, -0.1) is 0 Å². The molecule has 4 nitrogen and oxygen atoms in total. The zero-order valence-electron chi connectivity index (χ0n) is 11.7. The van der Waals surface area contributed by atoms with Crippen molar-refractivity contribution in [1.82, 2.24) is 9.88 Å². The van der Waals surface area contributed by atoms with Gasteiger partial charge in [-0.1, -0.05) is 39.7 Å². The Morgan fingerprint density at radius 1 is 1.38 bits per heavy atom. The van der Waals surface area contributed by atoms with E-state index < -0.39 is 0 Å². The van der Waals surface area contributed by atoms with Crippen LogP contribution in [0.2, 0.25) is 5.02 Å². The van der Waals surface area contributed by atoms with E-state index in [1.807, 2.05) is 24.3 Å². The fraction of sp³-hybridized carbons (Fsp3) is 0.200. The molecule has 6 heteroatoms. The minimum absolute atomic E-state index is 0.116. The van der Waals surface area contributed by atoms with Gasteiger partial charge >= 0.3 is 0 Å². The Morgan fingerprint density at radius 2 is 2.05 bits per heavy atom. The van der Waals surface area contributed by atoms with E-state index in [1.165, 1.54) is 6.20 Å². The van der Waals surface area contributed by atoms with Crippen LogP contribution in [0.15, 0.2) is 41.0 Å². The average Bonchev–Trinajstić information content (AvgIpc) is 2.48. The van der Waals surface area contributed by atoms with Crippen LogP contribution in [-0.4, -0.2) is 29.9 Å². The standard InChI is InChI=1S/C15H15BrClN3O/c1-18-14-13(17)7-11(8-19-14)15(21)20(2)9-10-3-5-12(16)6-4-10/h3-8H,9H2,1-2H3,(H,18,19). The van der Waals surface area contributed by atoms with Crippen LogP contribution < -0.4 is 5.32 Å². The van der Waals surface area contributed by atoms with Crippen LogP contribution in [0.1, 0.15) is 15.9 Å². The Morgan fingerprint density at radius 3 is 2.62 bits per heavy atom. The lowest BCUT2D eigenvalue weighted by Gasteiger charge is -2.17. The lowest BCUT2D eigenvalue weighted by molar-refractivity contribution is 0.0784. The summed E-state index contributed by atoms with van der Waals surface area (Å²) in [7, 11) is 3.49. The van der Waals surface area contributed by atoms with Crippen LogP contribution >= 0.6 is 27.5 Å². The largest absolute Gasteiger partial charge is 0.372 e. The van der Waals surface area contributed by atoms with E-state index in [0.717, 1.165) is 10.0 Å². The summed E-state index contributed by atoms with van der Waals surface area (Å²) in [5.41, 5.74) is 1.53. The van der Waals surface area contributed by atoms with Crippen LogP contribution in [-0.2, 0) is 6.54 Å². The maximum absolute atomic E-state index is 12.4. The molecule has 0 aliphatic heterocycles. The number of aromatic nitrogens is 1. The molecule has 2 rings (SSSR count). The van der Waals surface area contributed by atoms with E-state index in [0.29, 0.717) is 22.9 Å². The predicted octanol–water partition coefficient (Wildman–Crippen LogP) is 3.81. The number of anilines is 1. The molecule has 1 amide bonds. The van der Waals surface area contributed by atoms with Crippen molar-refractivity contribution >= 4 is 39.3 Å². The van der Waals surface area contributed by atoms with E-state index in [9.17, 15) is 4.79 Å². The lowest BCUT2D eigenvalue weighted by Crippen LogP contribution is -2.26. The highest BCUT2D eigenvalue weighted by Gasteiger charge is 2.14. The van der Waals surface area contributed by atoms with Crippen LogP contribution in [0.5, 0.6) is 0 Å². The molecule has 0 spiro atoms. The van der Waals surface area contributed by atoms with E-state index in [4.69, 9.17) is 11.6 Å².